The number of halogens is 6. The maximum atomic E-state index is 12.1. The largest absolute Gasteiger partial charge is 1.00 e. The van der Waals surface area contributed by atoms with Gasteiger partial charge in [0.1, 0.15) is 57.0 Å². The number of benzene rings is 5. The van der Waals surface area contributed by atoms with Gasteiger partial charge in [-0.25, -0.2) is 93.7 Å². The summed E-state index contributed by atoms with van der Waals surface area (Å²) in [6, 6.07) is 46.7. The number of aromatic nitrogens is 6. The average molecular weight is 2270 g/mol. The minimum absolute atomic E-state index is 0. The molecule has 5 aromatic carbocycles. The van der Waals surface area contributed by atoms with E-state index < -0.39 is 65.5 Å². The fourth-order valence-corrected chi connectivity index (χ4v) is 15.7. The third kappa shape index (κ3) is 43.2. The second kappa shape index (κ2) is 60.6. The van der Waals surface area contributed by atoms with Gasteiger partial charge in [-0.1, -0.05) is 35.3 Å². The standard InChI is InChI=1S/C22H22N4O4S.C17H17N3O6S.C17H19N3O4S.C11H12N2O4.C6H6ClNO2S.C6H5NO3.C5H8ClNO.C5H4ClN.Al.3ClH.K.Na.Zn.2H/c1-31(28,29)21-10-8-18(14-24-21)30-19-9-7-17(25-20-5-2-3-11-23-20)13-16(19)15-26-12-4-6-22(26)27;1-27(24,25)16-7-5-14(10-18-16)26-15-6-4-13(20(22)23)9-12(15)11-19-8-2-3-17(19)21;1-25(22,23)16-7-5-14(10-19-16)24-15-6-4-13(18)9-12(15)11-20-8-2-3-17(20)21;14-10-4-3-9(13(16)17)6-8(10)7-12-5-1-2-11(12)15;1-11(9,10)6-3-2-5(7)4-8-6;8-6-3-1-5(2-4-6)7(9)10;6-4-7-3-1-2-5(7)8;6-5-3-1-2-4-7-5;;;;;;;;;/h2-3,5,7-11,13-14H,4,6,12,15H2,1H3,(H,23,25);4-7,9-10H,2-3,8,11H2,1H3;4-7,9-10H,2-3,8,11,18H2,1H3;3-4,6,14H,1-2,5,7H2;2-4H,1H3;1-4,8H;1-4H2;1-4H;;3*1H;;;;;/q;;;;;;;;+3;;;;2*+1;;2*-1/p-3. The number of likely N-dealkylation sites (tertiary alicyclic amines) is 5. The first-order chi connectivity index (χ1) is 66.2. The third-order valence-corrected chi connectivity index (χ3v) is 24.5. The number of phenols is 2. The number of nitro benzene ring substituents is 3. The Morgan fingerprint density at radius 2 is 0.762 bits per heavy atom. The predicted octanol–water partition coefficient (Wildman–Crippen LogP) is 10.1. The zero-order valence-electron chi connectivity index (χ0n) is 79.8. The van der Waals surface area contributed by atoms with Gasteiger partial charge in [-0.15, -0.1) is 11.6 Å². The molecule has 5 N–H and O–H groups in total. The molecule has 143 heavy (non-hydrogen) atoms. The van der Waals surface area contributed by atoms with Crippen LogP contribution in [0.1, 0.15) is 89.3 Å². The Morgan fingerprint density at radius 1 is 0.427 bits per heavy atom. The number of nitrogen functional groups attached to an aromatic ring is 1. The van der Waals surface area contributed by atoms with Crippen LogP contribution in [-0.2, 0) is 109 Å². The number of carbonyl (C=O) groups excluding carboxylic acids is 5. The molecule has 54 heteroatoms. The average Bonchev–Trinajstić information content (AvgIpc) is 1.75. The number of sulfone groups is 4. The SMILES string of the molecule is CS(=O)(=O)c1ccc(Cl)cn1.CS(=O)(=O)c1ccc(Oc2ccc(N)cc2CN2CCCC2=O)cn1.CS(=O)(=O)c1ccc(Oc2ccc(Nc3ccccn3)cc2CN2CCCC2=O)cn1.CS(=O)(=O)c1ccc(Oc2ccc([N+](=O)[O-])cc2CN2CCCC2=O)cn1.Clc1ccccn1.O=C1CCCN1CCl.O=C1CCCN1Cc1cc([N+](=O)[O-])ccc1O.O=[N+]([O-])c1ccc(O)cc1.[Cl][Al]([Cl])[Cl].[H-].[H-].[K+].[Na+].[Zn]. The number of hydrogen-bond donors (Lipinski definition) is 4. The van der Waals surface area contributed by atoms with Crippen LogP contribution in [0.25, 0.3) is 0 Å². The van der Waals surface area contributed by atoms with Crippen molar-refractivity contribution in [2.45, 2.75) is 110 Å². The molecule has 0 spiro atoms. The van der Waals surface area contributed by atoms with Gasteiger partial charge in [-0.05, 0) is 166 Å². The van der Waals surface area contributed by atoms with Crippen molar-refractivity contribution in [1.82, 2.24) is 54.4 Å². The van der Waals surface area contributed by atoms with Gasteiger partial charge in [0.25, 0.3) is 17.1 Å². The number of nitro groups is 3. The molecule has 748 valence electrons. The second-order valence-electron chi connectivity index (χ2n) is 30.6. The molecule has 5 amide bonds. The fraction of sp³-hybridized carbons (Fsp3) is 0.270. The van der Waals surface area contributed by atoms with Crippen molar-refractivity contribution in [2.75, 3.05) is 74.8 Å². The Morgan fingerprint density at radius 3 is 1.08 bits per heavy atom. The number of nitrogens with zero attached hydrogens (tertiary/aromatic N) is 14. The molecule has 0 saturated carbocycles. The monoisotopic (exact) mass is 2260 g/mol. The molecule has 11 heterocycles. The molecule has 5 aliphatic rings. The number of amides is 5. The van der Waals surface area contributed by atoms with Crippen LogP contribution in [0.3, 0.4) is 0 Å². The maximum Gasteiger partial charge on any atom is 1.00 e. The van der Waals surface area contributed by atoms with E-state index in [9.17, 15) is 93.1 Å². The normalized spacial score (nSPS) is 13.4. The summed E-state index contributed by atoms with van der Waals surface area (Å²) < 4.78 is 108. The molecule has 5 fully saturated rings. The van der Waals surface area contributed by atoms with E-state index in [0.29, 0.717) is 132 Å². The summed E-state index contributed by atoms with van der Waals surface area (Å²) in [6.45, 7) is 4.78. The molecule has 0 bridgehead atoms. The minimum Gasteiger partial charge on any atom is -1.00 e. The van der Waals surface area contributed by atoms with Crippen LogP contribution in [0.2, 0.25) is 10.2 Å². The van der Waals surface area contributed by atoms with Crippen molar-refractivity contribution < 1.29 is 200 Å². The zero-order valence-corrected chi connectivity index (χ0v) is 94.9. The van der Waals surface area contributed by atoms with Crippen molar-refractivity contribution >= 4 is 179 Å². The molecule has 0 aliphatic carbocycles. The van der Waals surface area contributed by atoms with Crippen LogP contribution < -0.4 is 106 Å². The number of pyridine rings is 6. The van der Waals surface area contributed by atoms with Gasteiger partial charge < -0.3 is 62.8 Å². The van der Waals surface area contributed by atoms with Crippen molar-refractivity contribution in [3.63, 3.8) is 0 Å². The first-order valence-corrected chi connectivity index (χ1v) is 55.9. The second-order valence-corrected chi connectivity index (χ2v) is 45.9. The summed E-state index contributed by atoms with van der Waals surface area (Å²) in [5.41, 5.74) is 9.58. The summed E-state index contributed by atoms with van der Waals surface area (Å²) in [5, 5.41) is 54.2. The Kier molecular flexibility index (Phi) is 52.5. The van der Waals surface area contributed by atoms with Gasteiger partial charge in [0.2, 0.25) is 29.5 Å². The number of anilines is 3. The van der Waals surface area contributed by atoms with E-state index in [0.717, 1.165) is 87.0 Å². The van der Waals surface area contributed by atoms with Crippen LogP contribution >= 0.6 is 65.0 Å². The third-order valence-electron chi connectivity index (χ3n) is 19.8. The molecule has 11 aromatic rings. The number of phenolic OH excluding ortho intramolecular Hbond substituents is 2. The van der Waals surface area contributed by atoms with E-state index in [2.05, 4.69) is 35.2 Å². The first kappa shape index (κ1) is 124. The van der Waals surface area contributed by atoms with E-state index >= 15 is 0 Å². The predicted molar refractivity (Wildman–Crippen MR) is 527 cm³/mol. The number of rotatable bonds is 24. The van der Waals surface area contributed by atoms with Crippen LogP contribution in [0, 0.1) is 30.3 Å². The number of aromatic hydroxyl groups is 2. The molecule has 40 nitrogen and oxygen atoms in total. The molecular formula is C89H95AlCl6KN16NaO24S4Zn. The number of non-ortho nitro benzene ring substituents is 3. The molecule has 5 saturated heterocycles. The van der Waals surface area contributed by atoms with Crippen LogP contribution in [0.15, 0.2) is 239 Å². The summed E-state index contributed by atoms with van der Waals surface area (Å²) >= 11 is 14.6. The number of ether oxygens (including phenoxy) is 3. The summed E-state index contributed by atoms with van der Waals surface area (Å²) in [5.74, 6) is 3.74. The topological polar surface area (TPSA) is 551 Å². The van der Waals surface area contributed by atoms with E-state index in [1.165, 1.54) is 122 Å². The van der Waals surface area contributed by atoms with Crippen molar-refractivity contribution in [1.29, 1.82) is 0 Å². The number of nitrogens with two attached hydrogens (primary N) is 1. The summed E-state index contributed by atoms with van der Waals surface area (Å²) in [7, 11) is 1.48. The number of hydrogen-bond acceptors (Lipinski definition) is 32. The van der Waals surface area contributed by atoms with Gasteiger partial charge in [-0.3, -0.25) is 54.3 Å². The molecule has 0 unspecified atom stereocenters. The van der Waals surface area contributed by atoms with E-state index in [1.54, 1.807) is 73.3 Å². The van der Waals surface area contributed by atoms with Crippen molar-refractivity contribution in [3.05, 3.63) is 282 Å². The van der Waals surface area contributed by atoms with Gasteiger partial charge in [0.15, 0.2) is 59.5 Å². The molecule has 0 atom stereocenters. The van der Waals surface area contributed by atoms with Gasteiger partial charge in [0.05, 0.1) is 44.4 Å². The molecule has 0 radical (unpaired) electrons. The van der Waals surface area contributed by atoms with Crippen molar-refractivity contribution in [2.24, 2.45) is 0 Å². The fourth-order valence-electron chi connectivity index (χ4n) is 13.0. The van der Waals surface area contributed by atoms with Crippen LogP contribution in [0.5, 0.6) is 46.0 Å². The quantitative estimate of drug-likeness (QED) is 0.00830. The number of alkyl halides is 1. The Balaban J connectivity index is 0.000000440. The van der Waals surface area contributed by atoms with Gasteiger partial charge in [0, 0.05) is 224 Å². The van der Waals surface area contributed by atoms with E-state index in [1.807, 2.05) is 48.5 Å². The van der Waals surface area contributed by atoms with E-state index in [-0.39, 0.29) is 200 Å². The molecular weight excluding hydrogens is 2170 g/mol. The summed E-state index contributed by atoms with van der Waals surface area (Å²) in [4.78, 5) is 120. The van der Waals surface area contributed by atoms with Gasteiger partial charge in [-0.2, -0.15) is 0 Å². The zero-order chi connectivity index (χ0) is 103. The minimum atomic E-state index is -3.42. The summed E-state index contributed by atoms with van der Waals surface area (Å²) in [6.07, 6.45) is 20.0. The number of carbonyl (C=O) groups is 5. The van der Waals surface area contributed by atoms with Crippen LogP contribution in [-0.4, -0.2) is 218 Å². The maximum absolute atomic E-state index is 12.1. The molecule has 16 rings (SSSR count). The molecule has 5 aliphatic heterocycles. The smallest absolute Gasteiger partial charge is 1.00 e. The molecule has 6 aromatic heterocycles. The van der Waals surface area contributed by atoms with E-state index in [4.69, 9.17) is 90.0 Å². The Hall–Kier alpha value is -9.52. The van der Waals surface area contributed by atoms with Gasteiger partial charge >= 0.3 is 92.3 Å². The van der Waals surface area contributed by atoms with Crippen molar-refractivity contribution in [3.8, 4) is 46.0 Å². The Labute approximate surface area is 936 Å². The van der Waals surface area contributed by atoms with Crippen LogP contribution in [0.4, 0.5) is 34.3 Å². The first-order valence-electron chi connectivity index (χ1n) is 41.8. The number of nitrogens with one attached hydrogen (secondary N) is 1. The Bertz CT molecular complexity index is 6650.